The smallest absolute Gasteiger partial charge is 0.242 e. The van der Waals surface area contributed by atoms with Crippen LogP contribution in [0.1, 0.15) is 13.8 Å². The zero-order valence-electron chi connectivity index (χ0n) is 10.5. The highest BCUT2D eigenvalue weighted by Gasteiger charge is 2.26. The van der Waals surface area contributed by atoms with Gasteiger partial charge in [-0.15, -0.1) is 0 Å². The Hall–Kier alpha value is -0.820. The van der Waals surface area contributed by atoms with Crippen molar-refractivity contribution in [2.24, 2.45) is 0 Å². The van der Waals surface area contributed by atoms with Crippen molar-refractivity contribution in [3.63, 3.8) is 0 Å². The second kappa shape index (κ2) is 5.05. The van der Waals surface area contributed by atoms with E-state index in [0.717, 1.165) is 4.31 Å². The van der Waals surface area contributed by atoms with Gasteiger partial charge in [0.2, 0.25) is 10.0 Å². The Morgan fingerprint density at radius 1 is 1.44 bits per heavy atom. The minimum atomic E-state index is -3.68. The van der Waals surface area contributed by atoms with Gasteiger partial charge in [0.15, 0.2) is 0 Å². The molecule has 0 bridgehead atoms. The van der Waals surface area contributed by atoms with Gasteiger partial charge in [-0.3, -0.25) is 0 Å². The van der Waals surface area contributed by atoms with Gasteiger partial charge in [0.25, 0.3) is 0 Å². The standard InChI is InChI=1S/C11H17ClN2O3S/c1-11(2,15)7-14(3)18(16,17)8-4-5-10(13)9(12)6-8/h4-6,15H,7,13H2,1-3H3. The minimum Gasteiger partial charge on any atom is -0.398 e. The molecule has 0 saturated carbocycles. The van der Waals surface area contributed by atoms with Crippen molar-refractivity contribution in [2.75, 3.05) is 19.3 Å². The van der Waals surface area contributed by atoms with Gasteiger partial charge in [0.1, 0.15) is 0 Å². The Kier molecular flexibility index (Phi) is 4.27. The maximum atomic E-state index is 12.2. The van der Waals surface area contributed by atoms with Crippen LogP contribution >= 0.6 is 11.6 Å². The Labute approximate surface area is 112 Å². The maximum absolute atomic E-state index is 12.2. The number of benzene rings is 1. The summed E-state index contributed by atoms with van der Waals surface area (Å²) in [5.41, 5.74) is 4.74. The SMILES string of the molecule is CN(CC(C)(C)O)S(=O)(=O)c1ccc(N)c(Cl)c1. The molecule has 102 valence electrons. The van der Waals surface area contributed by atoms with Crippen LogP contribution in [-0.2, 0) is 10.0 Å². The second-order valence-corrected chi connectivity index (χ2v) is 7.21. The summed E-state index contributed by atoms with van der Waals surface area (Å²) in [5, 5.41) is 9.83. The van der Waals surface area contributed by atoms with E-state index < -0.39 is 15.6 Å². The fourth-order valence-electron chi connectivity index (χ4n) is 1.48. The van der Waals surface area contributed by atoms with Crippen molar-refractivity contribution in [1.29, 1.82) is 0 Å². The molecule has 0 aliphatic rings. The molecule has 0 unspecified atom stereocenters. The Morgan fingerprint density at radius 3 is 2.44 bits per heavy atom. The number of nitrogens with two attached hydrogens (primary N) is 1. The van der Waals surface area contributed by atoms with Crippen LogP contribution in [0.4, 0.5) is 5.69 Å². The van der Waals surface area contributed by atoms with Crippen molar-refractivity contribution >= 4 is 27.3 Å². The third-order valence-electron chi connectivity index (χ3n) is 2.29. The largest absolute Gasteiger partial charge is 0.398 e. The van der Waals surface area contributed by atoms with E-state index in [0.29, 0.717) is 5.69 Å². The number of anilines is 1. The van der Waals surface area contributed by atoms with Gasteiger partial charge in [-0.05, 0) is 32.0 Å². The molecule has 1 rings (SSSR count). The van der Waals surface area contributed by atoms with Gasteiger partial charge in [-0.25, -0.2) is 8.42 Å². The van der Waals surface area contributed by atoms with Crippen LogP contribution in [-0.4, -0.2) is 37.0 Å². The van der Waals surface area contributed by atoms with Crippen LogP contribution in [0.5, 0.6) is 0 Å². The predicted molar refractivity (Wildman–Crippen MR) is 72.0 cm³/mol. The molecule has 0 heterocycles. The maximum Gasteiger partial charge on any atom is 0.242 e. The third kappa shape index (κ3) is 3.58. The van der Waals surface area contributed by atoms with Gasteiger partial charge in [0, 0.05) is 13.6 Å². The fraction of sp³-hybridized carbons (Fsp3) is 0.455. The minimum absolute atomic E-state index is 0.0165. The molecule has 0 aliphatic heterocycles. The van der Waals surface area contributed by atoms with Crippen molar-refractivity contribution in [2.45, 2.75) is 24.3 Å². The number of nitrogens with zero attached hydrogens (tertiary/aromatic N) is 1. The van der Waals surface area contributed by atoms with Gasteiger partial charge >= 0.3 is 0 Å². The molecule has 18 heavy (non-hydrogen) atoms. The Morgan fingerprint density at radius 2 is 2.00 bits per heavy atom. The van der Waals surface area contributed by atoms with E-state index in [1.807, 2.05) is 0 Å². The van der Waals surface area contributed by atoms with E-state index in [9.17, 15) is 13.5 Å². The number of aliphatic hydroxyl groups is 1. The molecule has 0 amide bonds. The number of likely N-dealkylation sites (N-methyl/N-ethyl adjacent to an activating group) is 1. The average molecular weight is 293 g/mol. The van der Waals surface area contributed by atoms with Crippen LogP contribution in [0.2, 0.25) is 5.02 Å². The number of hydrogen-bond donors (Lipinski definition) is 2. The summed E-state index contributed by atoms with van der Waals surface area (Å²) >= 11 is 5.80. The van der Waals surface area contributed by atoms with Crippen LogP contribution in [0, 0.1) is 0 Å². The molecule has 3 N–H and O–H groups in total. The van der Waals surface area contributed by atoms with Crippen molar-refractivity contribution < 1.29 is 13.5 Å². The van der Waals surface area contributed by atoms with Crippen molar-refractivity contribution in [1.82, 2.24) is 4.31 Å². The molecular formula is C11H17ClN2O3S. The molecule has 1 aromatic rings. The number of nitrogen functional groups attached to an aromatic ring is 1. The lowest BCUT2D eigenvalue weighted by Gasteiger charge is -2.25. The number of hydrogen-bond acceptors (Lipinski definition) is 4. The van der Waals surface area contributed by atoms with E-state index in [1.54, 1.807) is 0 Å². The fourth-order valence-corrected chi connectivity index (χ4v) is 3.08. The van der Waals surface area contributed by atoms with Crippen LogP contribution in [0.3, 0.4) is 0 Å². The molecule has 0 saturated heterocycles. The normalized spacial score (nSPS) is 13.0. The first-order valence-corrected chi connectivity index (χ1v) is 7.09. The zero-order chi connectivity index (χ0) is 14.1. The Bertz CT molecular complexity index is 538. The lowest BCUT2D eigenvalue weighted by molar-refractivity contribution is 0.0640. The molecule has 0 radical (unpaired) electrons. The van der Waals surface area contributed by atoms with Crippen LogP contribution in [0.15, 0.2) is 23.1 Å². The lowest BCUT2D eigenvalue weighted by Crippen LogP contribution is -2.39. The summed E-state index contributed by atoms with van der Waals surface area (Å²) in [5.74, 6) is 0. The van der Waals surface area contributed by atoms with Crippen molar-refractivity contribution in [3.8, 4) is 0 Å². The Balaban J connectivity index is 3.10. The summed E-state index contributed by atoms with van der Waals surface area (Å²) in [4.78, 5) is 0.0495. The van der Waals surface area contributed by atoms with E-state index >= 15 is 0 Å². The third-order valence-corrected chi connectivity index (χ3v) is 4.42. The van der Waals surface area contributed by atoms with Gasteiger partial charge < -0.3 is 10.8 Å². The van der Waals surface area contributed by atoms with E-state index in [-0.39, 0.29) is 16.5 Å². The van der Waals surface area contributed by atoms with Crippen molar-refractivity contribution in [3.05, 3.63) is 23.2 Å². The average Bonchev–Trinajstić information content (AvgIpc) is 2.19. The molecule has 5 nitrogen and oxygen atoms in total. The zero-order valence-corrected chi connectivity index (χ0v) is 12.1. The molecule has 1 aromatic carbocycles. The monoisotopic (exact) mass is 292 g/mol. The summed E-state index contributed by atoms with van der Waals surface area (Å²) in [7, 11) is -2.28. The van der Waals surface area contributed by atoms with Gasteiger partial charge in [0.05, 0.1) is 21.2 Å². The van der Waals surface area contributed by atoms with Crippen LogP contribution < -0.4 is 5.73 Å². The first kappa shape index (κ1) is 15.2. The highest BCUT2D eigenvalue weighted by molar-refractivity contribution is 7.89. The first-order valence-electron chi connectivity index (χ1n) is 5.28. The lowest BCUT2D eigenvalue weighted by atomic mass is 10.1. The topological polar surface area (TPSA) is 83.6 Å². The predicted octanol–water partition coefficient (Wildman–Crippen LogP) is 1.31. The molecule has 0 fully saturated rings. The number of halogens is 1. The summed E-state index contributed by atoms with van der Waals surface area (Å²) < 4.78 is 25.5. The van der Waals surface area contributed by atoms with Gasteiger partial charge in [-0.2, -0.15) is 4.31 Å². The molecule has 7 heteroatoms. The highest BCUT2D eigenvalue weighted by atomic mass is 35.5. The number of rotatable bonds is 4. The molecule has 0 aliphatic carbocycles. The summed E-state index contributed by atoms with van der Waals surface area (Å²) in [6, 6.07) is 4.12. The van der Waals surface area contributed by atoms with Crippen LogP contribution in [0.25, 0.3) is 0 Å². The number of sulfonamides is 1. The summed E-state index contributed by atoms with van der Waals surface area (Å²) in [6.45, 7) is 3.06. The first-order chi connectivity index (χ1) is 8.04. The van der Waals surface area contributed by atoms with E-state index in [2.05, 4.69) is 0 Å². The van der Waals surface area contributed by atoms with Gasteiger partial charge in [-0.1, -0.05) is 11.6 Å². The molecule has 0 aromatic heterocycles. The highest BCUT2D eigenvalue weighted by Crippen LogP contribution is 2.24. The molecular weight excluding hydrogens is 276 g/mol. The summed E-state index contributed by atoms with van der Waals surface area (Å²) in [6.07, 6.45) is 0. The van der Waals surface area contributed by atoms with E-state index in [1.165, 1.54) is 39.1 Å². The quantitative estimate of drug-likeness (QED) is 0.820. The van der Waals surface area contributed by atoms with E-state index in [4.69, 9.17) is 17.3 Å². The molecule has 0 spiro atoms. The second-order valence-electron chi connectivity index (χ2n) is 4.76. The molecule has 0 atom stereocenters.